The number of aromatic nitrogens is 1. The molecule has 1 heterocycles. The maximum atomic E-state index is 13.9. The van der Waals surface area contributed by atoms with Gasteiger partial charge in [0.2, 0.25) is 0 Å². The van der Waals surface area contributed by atoms with Crippen molar-refractivity contribution in [2.75, 3.05) is 0 Å². The third kappa shape index (κ3) is 1.65. The van der Waals surface area contributed by atoms with E-state index in [0.717, 1.165) is 3.05 Å². The van der Waals surface area contributed by atoms with E-state index >= 15 is 0 Å². The summed E-state index contributed by atoms with van der Waals surface area (Å²) in [6, 6.07) is 11.3. The quantitative estimate of drug-likeness (QED) is 0.697. The van der Waals surface area contributed by atoms with Crippen LogP contribution in [0.15, 0.2) is 54.9 Å². The Kier molecular flexibility index (Phi) is 2.53. The fraction of sp³-hybridized carbons (Fsp3) is 0. The Morgan fingerprint density at radius 3 is 2.00 bits per heavy atom. The standard InChI is InChI=1S/C6H5.C4H4N.2FH.Ti/c1-2-4-6-5-3-1;1-2-4-5-3-1;;;/h1-5H;1-4H;2*1H;/q;-1;;;+3/p-2. The molecule has 0 spiro atoms. The van der Waals surface area contributed by atoms with E-state index in [2.05, 4.69) is 0 Å². The summed E-state index contributed by atoms with van der Waals surface area (Å²) in [5.74, 6) is 0. The Morgan fingerprint density at radius 1 is 0.857 bits per heavy atom. The molecule has 0 aliphatic carbocycles. The van der Waals surface area contributed by atoms with Crippen molar-refractivity contribution in [1.29, 1.82) is 0 Å². The van der Waals surface area contributed by atoms with E-state index in [1.807, 2.05) is 0 Å². The van der Waals surface area contributed by atoms with E-state index < -0.39 is 17.9 Å². The number of nitrogens with zero attached hydrogens (tertiary/aromatic N) is 1. The molecule has 2 rings (SSSR count). The van der Waals surface area contributed by atoms with Gasteiger partial charge in [-0.25, -0.2) is 0 Å². The first-order chi connectivity index (χ1) is 6.71. The van der Waals surface area contributed by atoms with Crippen LogP contribution in [0.1, 0.15) is 0 Å². The predicted octanol–water partition coefficient (Wildman–Crippen LogP) is 2.50. The fourth-order valence-electron chi connectivity index (χ4n) is 1.31. The second-order valence-corrected chi connectivity index (χ2v) is 6.40. The van der Waals surface area contributed by atoms with Crippen molar-refractivity contribution >= 4 is 3.87 Å². The summed E-state index contributed by atoms with van der Waals surface area (Å²) < 4.78 is 29.0. The van der Waals surface area contributed by atoms with Crippen molar-refractivity contribution in [2.24, 2.45) is 0 Å². The minimum absolute atomic E-state index is 0.184. The third-order valence-electron chi connectivity index (χ3n) is 2.05. The van der Waals surface area contributed by atoms with E-state index in [4.69, 9.17) is 0 Å². The molecule has 4 heteroatoms. The van der Waals surface area contributed by atoms with Crippen LogP contribution in [0, 0.1) is 0 Å². The van der Waals surface area contributed by atoms with Gasteiger partial charge in [0.25, 0.3) is 0 Å². The van der Waals surface area contributed by atoms with Crippen LogP contribution >= 0.6 is 0 Å². The summed E-state index contributed by atoms with van der Waals surface area (Å²) in [6.45, 7) is 0. The summed E-state index contributed by atoms with van der Waals surface area (Å²) in [5, 5.41) is 0. The van der Waals surface area contributed by atoms with Crippen molar-refractivity contribution in [2.45, 2.75) is 0 Å². The number of hydrogen-bond donors (Lipinski definition) is 0. The molecule has 1 aromatic carbocycles. The maximum absolute atomic E-state index is 13.9. The first-order valence-corrected chi connectivity index (χ1v) is 6.94. The molecule has 14 heavy (non-hydrogen) atoms. The van der Waals surface area contributed by atoms with Crippen LogP contribution < -0.4 is 3.87 Å². The molecule has 0 radical (unpaired) electrons. The Hall–Kier alpha value is -0.926. The van der Waals surface area contributed by atoms with E-state index in [1.54, 1.807) is 30.3 Å². The van der Waals surface area contributed by atoms with Gasteiger partial charge in [-0.3, -0.25) is 0 Å². The SMILES string of the molecule is [F][Ti]([F])([c]1ccccc1)[n]1cccc1. The summed E-state index contributed by atoms with van der Waals surface area (Å²) in [4.78, 5) is 0. The predicted molar refractivity (Wildman–Crippen MR) is 48.1 cm³/mol. The van der Waals surface area contributed by atoms with Crippen LogP contribution in [0.5, 0.6) is 0 Å². The van der Waals surface area contributed by atoms with Crippen molar-refractivity contribution in [3.05, 3.63) is 54.9 Å². The number of rotatable bonds is 2. The molecule has 1 nitrogen and oxygen atoms in total. The first kappa shape index (κ1) is 9.62. The number of hydrogen-bond acceptors (Lipinski definition) is 0. The Balaban J connectivity index is 2.43. The van der Waals surface area contributed by atoms with Gasteiger partial charge in [-0.05, 0) is 0 Å². The summed E-state index contributed by atoms with van der Waals surface area (Å²) >= 11 is -5.02. The van der Waals surface area contributed by atoms with Crippen molar-refractivity contribution in [3.63, 3.8) is 0 Å². The van der Waals surface area contributed by atoms with Gasteiger partial charge in [-0.15, -0.1) is 0 Å². The van der Waals surface area contributed by atoms with Crippen LogP contribution in [0.3, 0.4) is 0 Å². The second-order valence-electron chi connectivity index (χ2n) is 3.00. The topological polar surface area (TPSA) is 4.93 Å². The van der Waals surface area contributed by atoms with Crippen LogP contribution in [0.25, 0.3) is 0 Å². The average molecular weight is 229 g/mol. The normalized spacial score (nSPS) is 11.6. The molecule has 0 bridgehead atoms. The first-order valence-electron chi connectivity index (χ1n) is 4.28. The number of benzene rings is 1. The summed E-state index contributed by atoms with van der Waals surface area (Å²) in [7, 11) is 0. The van der Waals surface area contributed by atoms with Gasteiger partial charge in [0.15, 0.2) is 0 Å². The van der Waals surface area contributed by atoms with Crippen molar-refractivity contribution in [1.82, 2.24) is 3.05 Å². The van der Waals surface area contributed by atoms with Gasteiger partial charge in [-0.2, -0.15) is 0 Å². The van der Waals surface area contributed by atoms with Gasteiger partial charge in [0, 0.05) is 0 Å². The molecule has 0 N–H and O–H groups in total. The zero-order valence-electron chi connectivity index (χ0n) is 7.40. The molecule has 0 aliphatic heterocycles. The van der Waals surface area contributed by atoms with Gasteiger partial charge >= 0.3 is 85.9 Å². The molecule has 0 unspecified atom stereocenters. The van der Waals surface area contributed by atoms with Crippen LogP contribution in [-0.2, 0) is 17.9 Å². The zero-order chi connectivity index (χ0) is 10.0. The summed E-state index contributed by atoms with van der Waals surface area (Å²) in [5.41, 5.74) is 0. The molecule has 2 aromatic rings. The molecule has 1 aromatic heterocycles. The molecule has 0 amide bonds. The molecule has 0 aliphatic rings. The monoisotopic (exact) mass is 229 g/mol. The fourth-order valence-corrected chi connectivity index (χ4v) is 3.56. The molecular formula is C10H9F2NTi. The van der Waals surface area contributed by atoms with E-state index in [0.29, 0.717) is 0 Å². The molecule has 72 valence electrons. The van der Waals surface area contributed by atoms with E-state index in [-0.39, 0.29) is 3.87 Å². The van der Waals surface area contributed by atoms with Crippen LogP contribution in [0.4, 0.5) is 6.18 Å². The third-order valence-corrected chi connectivity index (χ3v) is 5.13. The van der Waals surface area contributed by atoms with Gasteiger partial charge in [0.1, 0.15) is 0 Å². The molecular weight excluding hydrogens is 220 g/mol. The van der Waals surface area contributed by atoms with Crippen molar-refractivity contribution in [3.8, 4) is 0 Å². The van der Waals surface area contributed by atoms with Crippen molar-refractivity contribution < 1.29 is 24.1 Å². The molecule has 0 fully saturated rings. The molecule has 0 atom stereocenters. The number of halogens is 2. The average Bonchev–Trinajstić information content (AvgIpc) is 2.72. The Labute approximate surface area is 86.0 Å². The minimum atomic E-state index is -5.02. The van der Waals surface area contributed by atoms with Gasteiger partial charge < -0.3 is 0 Å². The molecule has 0 saturated heterocycles. The van der Waals surface area contributed by atoms with E-state index in [9.17, 15) is 6.18 Å². The Bertz CT molecular complexity index is 397. The van der Waals surface area contributed by atoms with Gasteiger partial charge in [0.05, 0.1) is 0 Å². The van der Waals surface area contributed by atoms with Crippen LogP contribution in [0.2, 0.25) is 0 Å². The second kappa shape index (κ2) is 3.67. The van der Waals surface area contributed by atoms with Gasteiger partial charge in [-0.1, -0.05) is 0 Å². The summed E-state index contributed by atoms with van der Waals surface area (Å²) in [6.07, 6.45) is 2.88. The Morgan fingerprint density at radius 2 is 1.43 bits per heavy atom. The van der Waals surface area contributed by atoms with E-state index in [1.165, 1.54) is 24.5 Å². The van der Waals surface area contributed by atoms with Crippen LogP contribution in [-0.4, -0.2) is 3.05 Å². The zero-order valence-corrected chi connectivity index (χ0v) is 8.96. The molecule has 0 saturated carbocycles.